The highest BCUT2D eigenvalue weighted by Gasteiger charge is 2.32. The van der Waals surface area contributed by atoms with Gasteiger partial charge in [0.05, 0.1) is 11.1 Å². The van der Waals surface area contributed by atoms with E-state index in [1.54, 1.807) is 0 Å². The van der Waals surface area contributed by atoms with Crippen molar-refractivity contribution in [3.05, 3.63) is 33.3 Å². The van der Waals surface area contributed by atoms with Crippen LogP contribution in [-0.4, -0.2) is 5.11 Å². The van der Waals surface area contributed by atoms with Crippen molar-refractivity contribution in [3.63, 3.8) is 0 Å². The number of aliphatic hydroxyl groups is 1. The highest BCUT2D eigenvalue weighted by atomic mass is 79.9. The quantitative estimate of drug-likeness (QED) is 0.863. The predicted molar refractivity (Wildman–Crippen MR) is 56.8 cm³/mol. The SMILES string of the molecule is OC(c1cccc(Br)c1Cl)C1CC1. The molecule has 1 fully saturated rings. The van der Waals surface area contributed by atoms with E-state index in [0.29, 0.717) is 10.9 Å². The smallest absolute Gasteiger partial charge is 0.0832 e. The van der Waals surface area contributed by atoms with Gasteiger partial charge in [-0.1, -0.05) is 23.7 Å². The van der Waals surface area contributed by atoms with E-state index in [1.165, 1.54) is 0 Å². The first-order valence-corrected chi connectivity index (χ1v) is 5.49. The molecule has 1 N–H and O–H groups in total. The fourth-order valence-electron chi connectivity index (χ4n) is 1.41. The maximum Gasteiger partial charge on any atom is 0.0832 e. The Kier molecular flexibility index (Phi) is 2.63. The summed E-state index contributed by atoms with van der Waals surface area (Å²) in [4.78, 5) is 0. The van der Waals surface area contributed by atoms with Gasteiger partial charge in [-0.2, -0.15) is 0 Å². The van der Waals surface area contributed by atoms with E-state index in [0.717, 1.165) is 22.9 Å². The van der Waals surface area contributed by atoms with Crippen LogP contribution in [-0.2, 0) is 0 Å². The molecule has 0 heterocycles. The molecule has 70 valence electrons. The van der Waals surface area contributed by atoms with Gasteiger partial charge in [0.1, 0.15) is 0 Å². The molecule has 1 nitrogen and oxygen atoms in total. The second-order valence-electron chi connectivity index (χ2n) is 3.43. The minimum Gasteiger partial charge on any atom is -0.388 e. The monoisotopic (exact) mass is 260 g/mol. The van der Waals surface area contributed by atoms with Gasteiger partial charge in [-0.25, -0.2) is 0 Å². The van der Waals surface area contributed by atoms with Crippen LogP contribution in [0.3, 0.4) is 0 Å². The average molecular weight is 262 g/mol. The minimum absolute atomic E-state index is 0.384. The molecule has 1 atom stereocenters. The molecule has 1 aromatic rings. The van der Waals surface area contributed by atoms with Crippen molar-refractivity contribution in [1.29, 1.82) is 0 Å². The summed E-state index contributed by atoms with van der Waals surface area (Å²) in [5.41, 5.74) is 0.846. The summed E-state index contributed by atoms with van der Waals surface area (Å²) in [5, 5.41) is 10.5. The van der Waals surface area contributed by atoms with Gasteiger partial charge in [0.25, 0.3) is 0 Å². The van der Waals surface area contributed by atoms with Gasteiger partial charge in [0.15, 0.2) is 0 Å². The van der Waals surface area contributed by atoms with E-state index in [2.05, 4.69) is 15.9 Å². The summed E-state index contributed by atoms with van der Waals surface area (Å²) in [6.07, 6.45) is 1.85. The number of rotatable bonds is 2. The normalized spacial score (nSPS) is 18.7. The second-order valence-corrected chi connectivity index (χ2v) is 4.66. The van der Waals surface area contributed by atoms with Crippen molar-refractivity contribution >= 4 is 27.5 Å². The zero-order chi connectivity index (χ0) is 9.42. The van der Waals surface area contributed by atoms with E-state index in [4.69, 9.17) is 11.6 Å². The summed E-state index contributed by atoms with van der Waals surface area (Å²) < 4.78 is 0.853. The molecule has 0 radical (unpaired) electrons. The van der Waals surface area contributed by atoms with E-state index < -0.39 is 0 Å². The molecule has 1 saturated carbocycles. The Labute approximate surface area is 90.9 Å². The molecule has 1 unspecified atom stereocenters. The Bertz CT molecular complexity index is 323. The van der Waals surface area contributed by atoms with Gasteiger partial charge in [0, 0.05) is 10.0 Å². The summed E-state index contributed by atoms with van der Waals surface area (Å²) in [7, 11) is 0. The van der Waals surface area contributed by atoms with Crippen molar-refractivity contribution < 1.29 is 5.11 Å². The molecule has 2 rings (SSSR count). The van der Waals surface area contributed by atoms with Gasteiger partial charge in [-0.15, -0.1) is 0 Å². The molecule has 0 aromatic heterocycles. The van der Waals surface area contributed by atoms with Gasteiger partial charge < -0.3 is 5.11 Å². The standard InChI is InChI=1S/C10H10BrClO/c11-8-3-1-2-7(9(8)12)10(13)6-4-5-6/h1-3,6,10,13H,4-5H2. The number of aliphatic hydroxyl groups excluding tert-OH is 1. The largest absolute Gasteiger partial charge is 0.388 e. The number of halogens is 2. The Morgan fingerprint density at radius 1 is 1.46 bits per heavy atom. The lowest BCUT2D eigenvalue weighted by Crippen LogP contribution is -2.00. The number of hydrogen-bond donors (Lipinski definition) is 1. The molecular formula is C10H10BrClO. The third kappa shape index (κ3) is 1.90. The molecule has 0 bridgehead atoms. The van der Waals surface area contributed by atoms with Gasteiger partial charge in [-0.3, -0.25) is 0 Å². The average Bonchev–Trinajstić information content (AvgIpc) is 2.91. The fraction of sp³-hybridized carbons (Fsp3) is 0.400. The highest BCUT2D eigenvalue weighted by Crippen LogP contribution is 2.43. The fourth-order valence-corrected chi connectivity index (χ4v) is 2.03. The highest BCUT2D eigenvalue weighted by molar-refractivity contribution is 9.10. The van der Waals surface area contributed by atoms with Crippen LogP contribution in [0.1, 0.15) is 24.5 Å². The maximum absolute atomic E-state index is 9.86. The first-order valence-electron chi connectivity index (χ1n) is 4.32. The molecule has 0 saturated heterocycles. The summed E-state index contributed by atoms with van der Waals surface area (Å²) in [5.74, 6) is 0.423. The van der Waals surface area contributed by atoms with Crippen molar-refractivity contribution in [2.24, 2.45) is 5.92 Å². The lowest BCUT2D eigenvalue weighted by molar-refractivity contribution is 0.154. The zero-order valence-corrected chi connectivity index (χ0v) is 9.35. The van der Waals surface area contributed by atoms with Crippen LogP contribution in [0.4, 0.5) is 0 Å². The molecule has 1 aliphatic carbocycles. The molecule has 0 amide bonds. The van der Waals surface area contributed by atoms with Gasteiger partial charge in [-0.05, 0) is 40.8 Å². The number of hydrogen-bond acceptors (Lipinski definition) is 1. The summed E-state index contributed by atoms with van der Waals surface area (Å²) in [6, 6.07) is 5.67. The molecular weight excluding hydrogens is 251 g/mol. The van der Waals surface area contributed by atoms with Crippen LogP contribution < -0.4 is 0 Å². The lowest BCUT2D eigenvalue weighted by Gasteiger charge is -2.11. The van der Waals surface area contributed by atoms with Gasteiger partial charge >= 0.3 is 0 Å². The lowest BCUT2D eigenvalue weighted by atomic mass is 10.1. The zero-order valence-electron chi connectivity index (χ0n) is 7.00. The van der Waals surface area contributed by atoms with Crippen LogP contribution in [0.2, 0.25) is 5.02 Å². The topological polar surface area (TPSA) is 20.2 Å². The molecule has 13 heavy (non-hydrogen) atoms. The van der Waals surface area contributed by atoms with E-state index >= 15 is 0 Å². The summed E-state index contributed by atoms with van der Waals surface area (Å²) in [6.45, 7) is 0. The molecule has 3 heteroatoms. The Morgan fingerprint density at radius 3 is 2.77 bits per heavy atom. The molecule has 1 aliphatic rings. The Hall–Kier alpha value is -0.0500. The molecule has 0 aliphatic heterocycles. The van der Waals surface area contributed by atoms with E-state index in [9.17, 15) is 5.11 Å². The van der Waals surface area contributed by atoms with Crippen molar-refractivity contribution in [2.45, 2.75) is 18.9 Å². The van der Waals surface area contributed by atoms with Crippen LogP contribution in [0, 0.1) is 5.92 Å². The van der Waals surface area contributed by atoms with Crippen LogP contribution in [0.15, 0.2) is 22.7 Å². The van der Waals surface area contributed by atoms with Crippen molar-refractivity contribution in [2.75, 3.05) is 0 Å². The first-order chi connectivity index (χ1) is 6.20. The van der Waals surface area contributed by atoms with E-state index in [1.807, 2.05) is 18.2 Å². The molecule has 1 aromatic carbocycles. The van der Waals surface area contributed by atoms with E-state index in [-0.39, 0.29) is 6.10 Å². The summed E-state index contributed by atoms with van der Waals surface area (Å²) >= 11 is 9.39. The maximum atomic E-state index is 9.86. The Morgan fingerprint density at radius 2 is 2.15 bits per heavy atom. The number of benzene rings is 1. The van der Waals surface area contributed by atoms with Crippen molar-refractivity contribution in [1.82, 2.24) is 0 Å². The van der Waals surface area contributed by atoms with Crippen LogP contribution in [0.25, 0.3) is 0 Å². The minimum atomic E-state index is -0.384. The third-order valence-corrected chi connectivity index (χ3v) is 3.68. The second kappa shape index (κ2) is 3.60. The van der Waals surface area contributed by atoms with Crippen LogP contribution in [0.5, 0.6) is 0 Å². The first kappa shape index (κ1) is 9.50. The third-order valence-electron chi connectivity index (χ3n) is 2.37. The Balaban J connectivity index is 2.32. The molecule has 0 spiro atoms. The van der Waals surface area contributed by atoms with Crippen LogP contribution >= 0.6 is 27.5 Å². The van der Waals surface area contributed by atoms with Gasteiger partial charge in [0.2, 0.25) is 0 Å². The van der Waals surface area contributed by atoms with Crippen molar-refractivity contribution in [3.8, 4) is 0 Å². The predicted octanol–water partition coefficient (Wildman–Crippen LogP) is 3.55.